The number of hydrogen-bond acceptors (Lipinski definition) is 3. The first-order valence-electron chi connectivity index (χ1n) is 7.59. The van der Waals surface area contributed by atoms with Gasteiger partial charge in [-0.25, -0.2) is 0 Å². The van der Waals surface area contributed by atoms with Crippen molar-refractivity contribution in [2.75, 3.05) is 7.11 Å². The molecular weight excluding hydrogens is 272 g/mol. The largest absolute Gasteiger partial charge is 0.413 e. The van der Waals surface area contributed by atoms with E-state index in [9.17, 15) is 0 Å². The van der Waals surface area contributed by atoms with Crippen LogP contribution in [0.25, 0.3) is 0 Å². The number of hydrogen-bond donors (Lipinski definition) is 0. The summed E-state index contributed by atoms with van der Waals surface area (Å²) in [6, 6.07) is 0. The molecule has 1 saturated heterocycles. The van der Waals surface area contributed by atoms with E-state index in [4.69, 9.17) is 9.16 Å². The highest BCUT2D eigenvalue weighted by Gasteiger charge is 2.52. The average molecular weight is 303 g/mol. The monoisotopic (exact) mass is 302 g/mol. The van der Waals surface area contributed by atoms with Crippen molar-refractivity contribution in [3.05, 3.63) is 0 Å². The Balaban J connectivity index is 2.08. The summed E-state index contributed by atoms with van der Waals surface area (Å²) in [6.45, 7) is 11.8. The van der Waals surface area contributed by atoms with Crippen molar-refractivity contribution >= 4 is 20.1 Å². The third-order valence-corrected chi connectivity index (χ3v) is 11.6. The van der Waals surface area contributed by atoms with Crippen molar-refractivity contribution in [2.45, 2.75) is 87.3 Å². The Morgan fingerprint density at radius 1 is 1.16 bits per heavy atom. The van der Waals surface area contributed by atoms with Gasteiger partial charge < -0.3 is 9.16 Å². The zero-order valence-electron chi connectivity index (χ0n) is 13.4. The second-order valence-electron chi connectivity index (χ2n) is 7.65. The Bertz CT molecular complexity index is 327. The van der Waals surface area contributed by atoms with Gasteiger partial charge in [0, 0.05) is 11.9 Å². The highest BCUT2D eigenvalue weighted by molar-refractivity contribution is 8.01. The molecule has 0 aromatic carbocycles. The van der Waals surface area contributed by atoms with Gasteiger partial charge in [-0.05, 0) is 50.2 Å². The summed E-state index contributed by atoms with van der Waals surface area (Å²) in [5.41, 5.74) is 0.392. The van der Waals surface area contributed by atoms with Gasteiger partial charge >= 0.3 is 0 Å². The van der Waals surface area contributed by atoms with Crippen LogP contribution in [-0.2, 0) is 9.16 Å². The van der Waals surface area contributed by atoms with Crippen LogP contribution in [0.2, 0.25) is 18.1 Å². The molecular formula is C15H30O2SSi. The minimum absolute atomic E-state index is 0.306. The summed E-state index contributed by atoms with van der Waals surface area (Å²) in [5.74, 6) is 0. The van der Waals surface area contributed by atoms with E-state index in [-0.39, 0.29) is 0 Å². The number of rotatable bonds is 3. The Kier molecular flexibility index (Phi) is 4.47. The first-order chi connectivity index (χ1) is 8.70. The lowest BCUT2D eigenvalue weighted by atomic mass is 9.99. The van der Waals surface area contributed by atoms with Crippen LogP contribution in [-0.4, -0.2) is 31.7 Å². The second kappa shape index (κ2) is 5.36. The van der Waals surface area contributed by atoms with Gasteiger partial charge in [-0.15, -0.1) is 11.8 Å². The van der Waals surface area contributed by atoms with Crippen molar-refractivity contribution in [3.8, 4) is 0 Å². The summed E-state index contributed by atoms with van der Waals surface area (Å²) < 4.78 is 12.7. The van der Waals surface area contributed by atoms with E-state index in [2.05, 4.69) is 45.6 Å². The topological polar surface area (TPSA) is 18.5 Å². The fourth-order valence-electron chi connectivity index (χ4n) is 3.04. The van der Waals surface area contributed by atoms with Gasteiger partial charge in [0.1, 0.15) is 5.44 Å². The molecule has 3 atom stereocenters. The minimum atomic E-state index is -1.65. The van der Waals surface area contributed by atoms with Gasteiger partial charge in [0.2, 0.25) is 0 Å². The van der Waals surface area contributed by atoms with Gasteiger partial charge in [-0.1, -0.05) is 20.8 Å². The molecule has 0 aromatic rings. The SMILES string of the molecule is COC1CCC2(CCC[C@@H]2O[Si](C)(C)C(C)(C)C)S1. The molecule has 0 aromatic heterocycles. The standard InChI is InChI=1S/C15H30O2SSi/c1-14(2,3)19(5,6)17-12-8-7-10-15(12)11-9-13(16-4)18-15/h12-13H,7-11H2,1-6H3/t12-,13?,15?/m0/s1. The normalized spacial score (nSPS) is 36.3. The summed E-state index contributed by atoms with van der Waals surface area (Å²) in [6.07, 6.45) is 6.81. The molecule has 1 aliphatic heterocycles. The van der Waals surface area contributed by atoms with Crippen LogP contribution in [0.15, 0.2) is 0 Å². The maximum atomic E-state index is 6.76. The van der Waals surface area contributed by atoms with Crippen molar-refractivity contribution in [1.82, 2.24) is 0 Å². The van der Waals surface area contributed by atoms with Crippen LogP contribution in [0.4, 0.5) is 0 Å². The first kappa shape index (κ1) is 15.9. The van der Waals surface area contributed by atoms with E-state index in [1.165, 1.54) is 32.1 Å². The molecule has 0 radical (unpaired) electrons. The molecule has 1 aliphatic carbocycles. The molecule has 2 nitrogen and oxygen atoms in total. The van der Waals surface area contributed by atoms with Crippen molar-refractivity contribution in [1.29, 1.82) is 0 Å². The van der Waals surface area contributed by atoms with E-state index in [0.29, 0.717) is 21.3 Å². The molecule has 1 spiro atoms. The van der Waals surface area contributed by atoms with Crippen molar-refractivity contribution in [2.24, 2.45) is 0 Å². The highest BCUT2D eigenvalue weighted by Crippen LogP contribution is 2.55. The van der Waals surface area contributed by atoms with Crippen molar-refractivity contribution < 1.29 is 9.16 Å². The molecule has 2 unspecified atom stereocenters. The molecule has 2 aliphatic rings. The van der Waals surface area contributed by atoms with Crippen LogP contribution in [0, 0.1) is 0 Å². The maximum absolute atomic E-state index is 6.76. The van der Waals surface area contributed by atoms with E-state index >= 15 is 0 Å². The molecule has 0 bridgehead atoms. The van der Waals surface area contributed by atoms with E-state index in [0.717, 1.165) is 0 Å². The molecule has 1 heterocycles. The Labute approximate surface area is 124 Å². The molecule has 19 heavy (non-hydrogen) atoms. The van der Waals surface area contributed by atoms with E-state index in [1.54, 1.807) is 0 Å². The van der Waals surface area contributed by atoms with Crippen LogP contribution >= 0.6 is 11.8 Å². The predicted molar refractivity (Wildman–Crippen MR) is 86.3 cm³/mol. The fraction of sp³-hybridized carbons (Fsp3) is 1.00. The maximum Gasteiger partial charge on any atom is 0.192 e. The lowest BCUT2D eigenvalue weighted by Crippen LogP contribution is -2.48. The molecule has 112 valence electrons. The zero-order chi connectivity index (χ0) is 14.3. The predicted octanol–water partition coefficient (Wildman–Crippen LogP) is 4.80. The van der Waals surface area contributed by atoms with E-state index < -0.39 is 8.32 Å². The van der Waals surface area contributed by atoms with Gasteiger partial charge in [-0.3, -0.25) is 0 Å². The molecule has 2 rings (SSSR count). The number of ether oxygens (including phenoxy) is 1. The molecule has 2 fully saturated rings. The van der Waals surface area contributed by atoms with Crippen LogP contribution in [0.1, 0.15) is 52.9 Å². The lowest BCUT2D eigenvalue weighted by molar-refractivity contribution is 0.150. The lowest BCUT2D eigenvalue weighted by Gasteiger charge is -2.42. The highest BCUT2D eigenvalue weighted by atomic mass is 32.2. The smallest absolute Gasteiger partial charge is 0.192 e. The Hall–Kier alpha value is 0.487. The quantitative estimate of drug-likeness (QED) is 0.698. The summed E-state index contributed by atoms with van der Waals surface area (Å²) >= 11 is 2.06. The summed E-state index contributed by atoms with van der Waals surface area (Å²) in [4.78, 5) is 0. The summed E-state index contributed by atoms with van der Waals surface area (Å²) in [7, 11) is 0.193. The van der Waals surface area contributed by atoms with Gasteiger partial charge in [0.15, 0.2) is 8.32 Å². The Morgan fingerprint density at radius 2 is 1.84 bits per heavy atom. The van der Waals surface area contributed by atoms with E-state index in [1.807, 2.05) is 7.11 Å². The van der Waals surface area contributed by atoms with Gasteiger partial charge in [-0.2, -0.15) is 0 Å². The average Bonchev–Trinajstić information content (AvgIpc) is 2.86. The molecule has 0 amide bonds. The van der Waals surface area contributed by atoms with Crippen LogP contribution < -0.4 is 0 Å². The van der Waals surface area contributed by atoms with Crippen LogP contribution in [0.3, 0.4) is 0 Å². The minimum Gasteiger partial charge on any atom is -0.413 e. The second-order valence-corrected chi connectivity index (χ2v) is 14.0. The third-order valence-electron chi connectivity index (χ3n) is 5.33. The number of thioether (sulfide) groups is 1. The molecule has 4 heteroatoms. The molecule has 0 N–H and O–H groups in total. The zero-order valence-corrected chi connectivity index (χ0v) is 15.2. The summed E-state index contributed by atoms with van der Waals surface area (Å²) in [5, 5.41) is 0.306. The third kappa shape index (κ3) is 3.07. The van der Waals surface area contributed by atoms with Crippen LogP contribution in [0.5, 0.6) is 0 Å². The van der Waals surface area contributed by atoms with Gasteiger partial charge in [0.25, 0.3) is 0 Å². The first-order valence-corrected chi connectivity index (χ1v) is 11.4. The number of methoxy groups -OCH3 is 1. The van der Waals surface area contributed by atoms with Gasteiger partial charge in [0.05, 0.1) is 6.10 Å². The Morgan fingerprint density at radius 3 is 2.37 bits per heavy atom. The van der Waals surface area contributed by atoms with Crippen molar-refractivity contribution in [3.63, 3.8) is 0 Å². The fourth-order valence-corrected chi connectivity index (χ4v) is 6.20. The molecule has 1 saturated carbocycles.